The fourth-order valence-electron chi connectivity index (χ4n) is 2.14. The number of rotatable bonds is 7. The van der Waals surface area contributed by atoms with Crippen LogP contribution < -0.4 is 0 Å². The van der Waals surface area contributed by atoms with Crippen molar-refractivity contribution in [2.45, 2.75) is 39.7 Å². The van der Waals surface area contributed by atoms with Gasteiger partial charge in [0.05, 0.1) is 5.92 Å². The molecule has 0 spiro atoms. The maximum Gasteiger partial charge on any atom is 0.307 e. The molecule has 106 valence electrons. The van der Waals surface area contributed by atoms with Crippen LogP contribution in [0.1, 0.15) is 44.2 Å². The van der Waals surface area contributed by atoms with Crippen LogP contribution in [0.15, 0.2) is 24.3 Å². The molecule has 1 atom stereocenters. The molecule has 19 heavy (non-hydrogen) atoms. The minimum Gasteiger partial charge on any atom is -0.481 e. The quantitative estimate of drug-likeness (QED) is 0.820. The molecule has 0 saturated heterocycles. The second-order valence-corrected chi connectivity index (χ2v) is 5.54. The van der Waals surface area contributed by atoms with Crippen LogP contribution in [-0.4, -0.2) is 29.6 Å². The van der Waals surface area contributed by atoms with Gasteiger partial charge in [0.2, 0.25) is 0 Å². The van der Waals surface area contributed by atoms with Crippen molar-refractivity contribution < 1.29 is 9.90 Å². The van der Waals surface area contributed by atoms with E-state index >= 15 is 0 Å². The third kappa shape index (κ3) is 5.03. The van der Waals surface area contributed by atoms with Crippen LogP contribution >= 0.6 is 0 Å². The standard InChI is InChI=1S/C16H25NO2/c1-5-14(16(18)19)11-17(4)10-13-6-8-15(9-7-13)12(2)3/h6-9,12,14H,5,10-11H2,1-4H3,(H,18,19). The molecule has 0 fully saturated rings. The van der Waals surface area contributed by atoms with E-state index in [4.69, 9.17) is 5.11 Å². The van der Waals surface area contributed by atoms with Crippen molar-refractivity contribution in [3.8, 4) is 0 Å². The molecule has 1 N–H and O–H groups in total. The van der Waals surface area contributed by atoms with Crippen molar-refractivity contribution in [1.29, 1.82) is 0 Å². The van der Waals surface area contributed by atoms with Crippen LogP contribution in [0.2, 0.25) is 0 Å². The van der Waals surface area contributed by atoms with Gasteiger partial charge >= 0.3 is 5.97 Å². The lowest BCUT2D eigenvalue weighted by Crippen LogP contribution is -2.29. The van der Waals surface area contributed by atoms with E-state index in [1.165, 1.54) is 11.1 Å². The molecule has 3 nitrogen and oxygen atoms in total. The second kappa shape index (κ2) is 7.29. The molecule has 0 bridgehead atoms. The molecule has 3 heteroatoms. The molecular weight excluding hydrogens is 238 g/mol. The highest BCUT2D eigenvalue weighted by molar-refractivity contribution is 5.70. The first kappa shape index (κ1) is 15.7. The molecule has 0 aliphatic carbocycles. The van der Waals surface area contributed by atoms with Gasteiger partial charge in [0, 0.05) is 13.1 Å². The largest absolute Gasteiger partial charge is 0.481 e. The van der Waals surface area contributed by atoms with E-state index in [-0.39, 0.29) is 5.92 Å². The van der Waals surface area contributed by atoms with E-state index < -0.39 is 5.97 Å². The molecule has 0 aliphatic heterocycles. The molecule has 0 heterocycles. The highest BCUT2D eigenvalue weighted by Gasteiger charge is 2.17. The molecule has 0 amide bonds. The summed E-state index contributed by atoms with van der Waals surface area (Å²) in [6.07, 6.45) is 0.673. The highest BCUT2D eigenvalue weighted by atomic mass is 16.4. The number of hydrogen-bond acceptors (Lipinski definition) is 2. The normalized spacial score (nSPS) is 12.9. The molecule has 1 aromatic carbocycles. The molecule has 0 aromatic heterocycles. The van der Waals surface area contributed by atoms with Gasteiger partial charge in [-0.25, -0.2) is 0 Å². The average Bonchev–Trinajstić information content (AvgIpc) is 2.36. The number of nitrogens with zero attached hydrogens (tertiary/aromatic N) is 1. The number of hydrogen-bond donors (Lipinski definition) is 1. The first-order valence-electron chi connectivity index (χ1n) is 6.94. The van der Waals surface area contributed by atoms with Gasteiger partial charge in [0.25, 0.3) is 0 Å². The summed E-state index contributed by atoms with van der Waals surface area (Å²) < 4.78 is 0. The Hall–Kier alpha value is -1.35. The smallest absolute Gasteiger partial charge is 0.307 e. The first-order valence-corrected chi connectivity index (χ1v) is 6.94. The van der Waals surface area contributed by atoms with Crippen LogP contribution in [-0.2, 0) is 11.3 Å². The average molecular weight is 263 g/mol. The topological polar surface area (TPSA) is 40.5 Å². The predicted molar refractivity (Wildman–Crippen MR) is 78.3 cm³/mol. The van der Waals surface area contributed by atoms with Crippen LogP contribution in [0.4, 0.5) is 0 Å². The molecule has 0 aliphatic rings. The molecule has 1 rings (SSSR count). The minimum atomic E-state index is -0.704. The van der Waals surface area contributed by atoms with Gasteiger partial charge in [-0.1, -0.05) is 45.0 Å². The fourth-order valence-corrected chi connectivity index (χ4v) is 2.14. The van der Waals surface area contributed by atoms with Gasteiger partial charge in [-0.05, 0) is 30.5 Å². The Bertz CT molecular complexity index is 398. The lowest BCUT2D eigenvalue weighted by molar-refractivity contribution is -0.142. The SMILES string of the molecule is CCC(CN(C)Cc1ccc(C(C)C)cc1)C(=O)O. The van der Waals surface area contributed by atoms with Gasteiger partial charge in [-0.2, -0.15) is 0 Å². The van der Waals surface area contributed by atoms with E-state index in [0.29, 0.717) is 18.9 Å². The van der Waals surface area contributed by atoms with E-state index in [9.17, 15) is 4.79 Å². The Labute approximate surface area is 116 Å². The Kier molecular flexibility index (Phi) is 6.03. The van der Waals surface area contributed by atoms with Crippen LogP contribution in [0.3, 0.4) is 0 Å². The summed E-state index contributed by atoms with van der Waals surface area (Å²) in [5.74, 6) is -0.437. The zero-order valence-electron chi connectivity index (χ0n) is 12.4. The van der Waals surface area contributed by atoms with Crippen LogP contribution in [0, 0.1) is 5.92 Å². The summed E-state index contributed by atoms with van der Waals surface area (Å²) in [6, 6.07) is 8.58. The summed E-state index contributed by atoms with van der Waals surface area (Å²) in [4.78, 5) is 13.1. The predicted octanol–water partition coefficient (Wildman–Crippen LogP) is 3.35. The van der Waals surface area contributed by atoms with Crippen LogP contribution in [0.5, 0.6) is 0 Å². The number of carbonyl (C=O) groups is 1. The Balaban J connectivity index is 2.56. The first-order chi connectivity index (χ1) is 8.93. The summed E-state index contributed by atoms with van der Waals surface area (Å²) in [7, 11) is 1.97. The second-order valence-electron chi connectivity index (χ2n) is 5.54. The molecular formula is C16H25NO2. The van der Waals surface area contributed by atoms with Crippen molar-refractivity contribution in [3.63, 3.8) is 0 Å². The number of carboxylic acids is 1. The van der Waals surface area contributed by atoms with Crippen molar-refractivity contribution in [2.75, 3.05) is 13.6 Å². The van der Waals surface area contributed by atoms with E-state index in [1.54, 1.807) is 0 Å². The molecule has 0 radical (unpaired) electrons. The molecule has 1 unspecified atom stereocenters. The molecule has 1 aromatic rings. The van der Waals surface area contributed by atoms with Crippen molar-refractivity contribution in [3.05, 3.63) is 35.4 Å². The maximum atomic E-state index is 11.0. The lowest BCUT2D eigenvalue weighted by Gasteiger charge is -2.20. The zero-order chi connectivity index (χ0) is 14.4. The fraction of sp³-hybridized carbons (Fsp3) is 0.562. The van der Waals surface area contributed by atoms with Crippen molar-refractivity contribution >= 4 is 5.97 Å². The monoisotopic (exact) mass is 263 g/mol. The number of carboxylic acid groups (broad SMARTS) is 1. The van der Waals surface area contributed by atoms with Crippen LogP contribution in [0.25, 0.3) is 0 Å². The lowest BCUT2D eigenvalue weighted by atomic mass is 10.0. The van der Waals surface area contributed by atoms with Crippen molar-refractivity contribution in [1.82, 2.24) is 4.90 Å². The highest BCUT2D eigenvalue weighted by Crippen LogP contribution is 2.16. The Morgan fingerprint density at radius 2 is 1.84 bits per heavy atom. The summed E-state index contributed by atoms with van der Waals surface area (Å²) in [5, 5.41) is 9.06. The Morgan fingerprint density at radius 3 is 2.26 bits per heavy atom. The van der Waals surface area contributed by atoms with E-state index in [1.807, 2.05) is 14.0 Å². The summed E-state index contributed by atoms with van der Waals surface area (Å²) in [6.45, 7) is 7.67. The number of benzene rings is 1. The minimum absolute atomic E-state index is 0.278. The van der Waals surface area contributed by atoms with Gasteiger partial charge in [0.1, 0.15) is 0 Å². The summed E-state index contributed by atoms with van der Waals surface area (Å²) in [5.41, 5.74) is 2.57. The van der Waals surface area contributed by atoms with E-state index in [0.717, 1.165) is 6.54 Å². The zero-order valence-corrected chi connectivity index (χ0v) is 12.4. The third-order valence-electron chi connectivity index (χ3n) is 3.47. The van der Waals surface area contributed by atoms with Gasteiger partial charge < -0.3 is 10.0 Å². The van der Waals surface area contributed by atoms with Gasteiger partial charge in [-0.15, -0.1) is 0 Å². The number of aliphatic carboxylic acids is 1. The molecule has 0 saturated carbocycles. The maximum absolute atomic E-state index is 11.0. The third-order valence-corrected chi connectivity index (χ3v) is 3.47. The Morgan fingerprint density at radius 1 is 1.26 bits per heavy atom. The van der Waals surface area contributed by atoms with Gasteiger partial charge in [0.15, 0.2) is 0 Å². The van der Waals surface area contributed by atoms with E-state index in [2.05, 4.69) is 43.0 Å². The van der Waals surface area contributed by atoms with Crippen molar-refractivity contribution in [2.24, 2.45) is 5.92 Å². The van der Waals surface area contributed by atoms with Gasteiger partial charge in [-0.3, -0.25) is 4.79 Å². The summed E-state index contributed by atoms with van der Waals surface area (Å²) >= 11 is 0.